The summed E-state index contributed by atoms with van der Waals surface area (Å²) in [6.07, 6.45) is 0. The second-order valence-electron chi connectivity index (χ2n) is 11.4. The molecule has 0 aliphatic rings. The maximum absolute atomic E-state index is 2.40. The van der Waals surface area contributed by atoms with Crippen molar-refractivity contribution in [2.24, 2.45) is 0 Å². The number of hydrogen-bond donors (Lipinski definition) is 0. The molecule has 0 heterocycles. The highest BCUT2D eigenvalue weighted by molar-refractivity contribution is 5.98. The summed E-state index contributed by atoms with van der Waals surface area (Å²) in [5.74, 6) is 0. The first-order chi connectivity index (χ1) is 22.3. The van der Waals surface area contributed by atoms with Crippen LogP contribution in [0.4, 0.5) is 17.1 Å². The zero-order valence-electron chi connectivity index (χ0n) is 24.8. The maximum Gasteiger partial charge on any atom is 0.0540 e. The van der Waals surface area contributed by atoms with Crippen LogP contribution in [-0.2, 0) is 0 Å². The third kappa shape index (κ3) is 5.15. The van der Waals surface area contributed by atoms with Crippen molar-refractivity contribution in [1.82, 2.24) is 0 Å². The van der Waals surface area contributed by atoms with Crippen molar-refractivity contribution in [2.75, 3.05) is 4.90 Å². The molecular weight excluding hydrogens is 542 g/mol. The molecule has 0 fully saturated rings. The molecule has 0 spiro atoms. The molecule has 0 atom stereocenters. The van der Waals surface area contributed by atoms with E-state index < -0.39 is 0 Å². The van der Waals surface area contributed by atoms with Crippen LogP contribution >= 0.6 is 0 Å². The van der Waals surface area contributed by atoms with Crippen LogP contribution in [0.2, 0.25) is 0 Å². The lowest BCUT2D eigenvalue weighted by molar-refractivity contribution is 1.28. The summed E-state index contributed by atoms with van der Waals surface area (Å²) in [5.41, 5.74) is 10.5. The average molecular weight is 574 g/mol. The Morgan fingerprint density at radius 1 is 0.289 bits per heavy atom. The molecule has 0 unspecified atom stereocenters. The van der Waals surface area contributed by atoms with E-state index in [9.17, 15) is 0 Å². The summed E-state index contributed by atoms with van der Waals surface area (Å²) in [6, 6.07) is 67.7. The van der Waals surface area contributed by atoms with Crippen LogP contribution < -0.4 is 4.90 Å². The highest BCUT2D eigenvalue weighted by Crippen LogP contribution is 2.43. The fourth-order valence-corrected chi connectivity index (χ4v) is 6.44. The minimum atomic E-state index is 1.11. The van der Waals surface area contributed by atoms with Gasteiger partial charge < -0.3 is 4.90 Å². The zero-order valence-corrected chi connectivity index (χ0v) is 24.8. The van der Waals surface area contributed by atoms with Gasteiger partial charge in [0.15, 0.2) is 0 Å². The van der Waals surface area contributed by atoms with Gasteiger partial charge >= 0.3 is 0 Å². The van der Waals surface area contributed by atoms with Gasteiger partial charge in [-0.3, -0.25) is 0 Å². The third-order valence-corrected chi connectivity index (χ3v) is 8.62. The quantitative estimate of drug-likeness (QED) is 0.191. The minimum Gasteiger partial charge on any atom is -0.310 e. The molecule has 8 rings (SSSR count). The first-order valence-electron chi connectivity index (χ1n) is 15.4. The topological polar surface area (TPSA) is 3.24 Å². The Bertz CT molecular complexity index is 2280. The van der Waals surface area contributed by atoms with E-state index in [1.165, 1.54) is 54.9 Å². The number of para-hydroxylation sites is 1. The molecule has 0 saturated carbocycles. The van der Waals surface area contributed by atoms with E-state index in [2.05, 4.69) is 193 Å². The Balaban J connectivity index is 1.32. The number of fused-ring (bicyclic) bond motifs is 2. The van der Waals surface area contributed by atoms with Crippen molar-refractivity contribution in [3.63, 3.8) is 0 Å². The molecule has 0 bridgehead atoms. The van der Waals surface area contributed by atoms with Crippen LogP contribution in [0.5, 0.6) is 0 Å². The summed E-state index contributed by atoms with van der Waals surface area (Å²) in [6.45, 7) is 0. The number of hydrogen-bond acceptors (Lipinski definition) is 1. The van der Waals surface area contributed by atoms with Crippen molar-refractivity contribution >= 4 is 38.6 Å². The summed E-state index contributed by atoms with van der Waals surface area (Å²) in [7, 11) is 0. The average Bonchev–Trinajstić information content (AvgIpc) is 3.12. The van der Waals surface area contributed by atoms with E-state index in [4.69, 9.17) is 0 Å². The molecule has 0 radical (unpaired) electrons. The van der Waals surface area contributed by atoms with Crippen molar-refractivity contribution < 1.29 is 0 Å². The number of rotatable bonds is 6. The number of anilines is 3. The second kappa shape index (κ2) is 11.6. The fourth-order valence-electron chi connectivity index (χ4n) is 6.44. The summed E-state index contributed by atoms with van der Waals surface area (Å²) >= 11 is 0. The van der Waals surface area contributed by atoms with E-state index in [0.717, 1.165) is 17.1 Å². The molecule has 45 heavy (non-hydrogen) atoms. The van der Waals surface area contributed by atoms with Crippen LogP contribution in [-0.4, -0.2) is 0 Å². The number of benzene rings is 8. The van der Waals surface area contributed by atoms with Gasteiger partial charge in [0.1, 0.15) is 0 Å². The summed E-state index contributed by atoms with van der Waals surface area (Å²) in [5, 5.41) is 5.00. The molecule has 0 amide bonds. The highest BCUT2D eigenvalue weighted by atomic mass is 15.1. The molecule has 0 N–H and O–H groups in total. The molecule has 1 nitrogen and oxygen atoms in total. The lowest BCUT2D eigenvalue weighted by Gasteiger charge is -2.29. The van der Waals surface area contributed by atoms with Crippen LogP contribution in [0.15, 0.2) is 188 Å². The first-order valence-corrected chi connectivity index (χ1v) is 15.4. The standard InChI is InChI=1S/C44H31N/c1-2-14-34(15-3-1)43-24-8-9-26-44(43)45(39-21-10-19-36(30-39)37-28-27-32-13-4-5-17-35(32)29-37)40-22-11-20-38(31-40)42-25-12-18-33-16-6-7-23-41(33)42/h1-31H. The Kier molecular flexibility index (Phi) is 6.90. The second-order valence-corrected chi connectivity index (χ2v) is 11.4. The molecule has 1 heteroatoms. The van der Waals surface area contributed by atoms with Crippen LogP contribution in [0.25, 0.3) is 54.9 Å². The van der Waals surface area contributed by atoms with Gasteiger partial charge in [-0.25, -0.2) is 0 Å². The highest BCUT2D eigenvalue weighted by Gasteiger charge is 2.18. The Morgan fingerprint density at radius 2 is 0.844 bits per heavy atom. The van der Waals surface area contributed by atoms with Crippen molar-refractivity contribution in [3.8, 4) is 33.4 Å². The maximum atomic E-state index is 2.40. The van der Waals surface area contributed by atoms with Crippen LogP contribution in [0.3, 0.4) is 0 Å². The molecule has 8 aromatic rings. The van der Waals surface area contributed by atoms with E-state index >= 15 is 0 Å². The lowest BCUT2D eigenvalue weighted by atomic mass is 9.97. The fraction of sp³-hybridized carbons (Fsp3) is 0. The van der Waals surface area contributed by atoms with E-state index in [1.807, 2.05) is 0 Å². The van der Waals surface area contributed by atoms with Crippen molar-refractivity contribution in [3.05, 3.63) is 188 Å². The Labute approximate surface area is 264 Å². The van der Waals surface area contributed by atoms with Crippen LogP contribution in [0, 0.1) is 0 Å². The van der Waals surface area contributed by atoms with E-state index in [-0.39, 0.29) is 0 Å². The summed E-state index contributed by atoms with van der Waals surface area (Å²) in [4.78, 5) is 2.40. The number of nitrogens with zero attached hydrogens (tertiary/aromatic N) is 1. The van der Waals surface area contributed by atoms with Gasteiger partial charge in [0, 0.05) is 16.9 Å². The molecule has 0 saturated heterocycles. The van der Waals surface area contributed by atoms with Gasteiger partial charge in [-0.1, -0.05) is 152 Å². The first kappa shape index (κ1) is 26.7. The molecule has 0 aliphatic heterocycles. The minimum absolute atomic E-state index is 1.11. The molecular formula is C44H31N. The van der Waals surface area contributed by atoms with Gasteiger partial charge in [0.2, 0.25) is 0 Å². The van der Waals surface area contributed by atoms with Crippen molar-refractivity contribution in [2.45, 2.75) is 0 Å². The Morgan fingerprint density at radius 3 is 1.69 bits per heavy atom. The van der Waals surface area contributed by atoms with Gasteiger partial charge in [-0.15, -0.1) is 0 Å². The summed E-state index contributed by atoms with van der Waals surface area (Å²) < 4.78 is 0. The molecule has 8 aromatic carbocycles. The molecule has 212 valence electrons. The lowest BCUT2D eigenvalue weighted by Crippen LogP contribution is -2.11. The van der Waals surface area contributed by atoms with Crippen LogP contribution in [0.1, 0.15) is 0 Å². The predicted octanol–water partition coefficient (Wildman–Crippen LogP) is 12.5. The zero-order chi connectivity index (χ0) is 30.0. The van der Waals surface area contributed by atoms with Crippen molar-refractivity contribution in [1.29, 1.82) is 0 Å². The SMILES string of the molecule is c1ccc(-c2ccccc2N(c2cccc(-c3ccc4ccccc4c3)c2)c2cccc(-c3cccc4ccccc34)c2)cc1. The van der Waals surface area contributed by atoms with Gasteiger partial charge in [0.05, 0.1) is 5.69 Å². The van der Waals surface area contributed by atoms with Gasteiger partial charge in [-0.05, 0) is 85.8 Å². The van der Waals surface area contributed by atoms with Gasteiger partial charge in [0.25, 0.3) is 0 Å². The normalized spacial score (nSPS) is 11.1. The monoisotopic (exact) mass is 573 g/mol. The predicted molar refractivity (Wildman–Crippen MR) is 192 cm³/mol. The third-order valence-electron chi connectivity index (χ3n) is 8.62. The molecule has 0 aromatic heterocycles. The van der Waals surface area contributed by atoms with E-state index in [0.29, 0.717) is 0 Å². The smallest absolute Gasteiger partial charge is 0.0540 e. The van der Waals surface area contributed by atoms with Gasteiger partial charge in [-0.2, -0.15) is 0 Å². The largest absolute Gasteiger partial charge is 0.310 e. The Hall–Kier alpha value is -5.92. The van der Waals surface area contributed by atoms with E-state index in [1.54, 1.807) is 0 Å². The molecule has 0 aliphatic carbocycles.